The number of carbonyl (C=O) groups excluding carboxylic acids is 2. The maximum atomic E-state index is 13.7. The summed E-state index contributed by atoms with van der Waals surface area (Å²) in [6, 6.07) is 7.28. The first kappa shape index (κ1) is 15.6. The van der Waals surface area contributed by atoms with E-state index in [9.17, 15) is 14.0 Å². The molecule has 0 radical (unpaired) electrons. The highest BCUT2D eigenvalue weighted by Gasteiger charge is 2.13. The molecule has 0 fully saturated rings. The number of benzene rings is 1. The maximum Gasteiger partial charge on any atom is 0.254 e. The lowest BCUT2D eigenvalue weighted by molar-refractivity contribution is -0.120. The number of halogens is 1. The summed E-state index contributed by atoms with van der Waals surface area (Å²) >= 11 is 0. The van der Waals surface area contributed by atoms with Gasteiger partial charge in [-0.2, -0.15) is 0 Å². The minimum absolute atomic E-state index is 0.153. The molecule has 0 atom stereocenters. The molecule has 1 heterocycles. The third-order valence-electron chi connectivity index (χ3n) is 2.87. The number of amides is 2. The fourth-order valence-electron chi connectivity index (χ4n) is 1.72. The first-order chi connectivity index (χ1) is 10.6. The summed E-state index contributed by atoms with van der Waals surface area (Å²) in [6.45, 7) is -0.0381. The third kappa shape index (κ3) is 4.08. The van der Waals surface area contributed by atoms with Gasteiger partial charge in [-0.25, -0.2) is 4.39 Å². The average molecular weight is 306 g/mol. The zero-order valence-corrected chi connectivity index (χ0v) is 11.9. The maximum absolute atomic E-state index is 13.7. The first-order valence-corrected chi connectivity index (χ1v) is 6.51. The zero-order valence-electron chi connectivity index (χ0n) is 11.9. The molecule has 0 saturated heterocycles. The van der Waals surface area contributed by atoms with Crippen LogP contribution in [-0.2, 0) is 11.3 Å². The van der Waals surface area contributed by atoms with Crippen LogP contribution in [0.4, 0.5) is 4.39 Å². The molecule has 116 valence electrons. The molecule has 0 spiro atoms. The van der Waals surface area contributed by atoms with Crippen LogP contribution < -0.4 is 15.4 Å². The molecule has 0 unspecified atom stereocenters. The van der Waals surface area contributed by atoms with Gasteiger partial charge >= 0.3 is 0 Å². The number of rotatable bonds is 6. The topological polar surface area (TPSA) is 80.6 Å². The van der Waals surface area contributed by atoms with Crippen molar-refractivity contribution in [3.8, 4) is 5.75 Å². The molecule has 2 N–H and O–H groups in total. The Morgan fingerprint density at radius 1 is 1.27 bits per heavy atom. The van der Waals surface area contributed by atoms with Crippen LogP contribution in [0.25, 0.3) is 0 Å². The van der Waals surface area contributed by atoms with Gasteiger partial charge in [0.05, 0.1) is 32.0 Å². The number of hydrogen-bond acceptors (Lipinski definition) is 4. The lowest BCUT2D eigenvalue weighted by Crippen LogP contribution is -2.36. The Bertz CT molecular complexity index is 656. The van der Waals surface area contributed by atoms with Crippen molar-refractivity contribution in [2.75, 3.05) is 13.7 Å². The molecule has 0 bridgehead atoms. The molecule has 1 aromatic heterocycles. The molecule has 6 nitrogen and oxygen atoms in total. The number of furan rings is 1. The van der Waals surface area contributed by atoms with E-state index in [4.69, 9.17) is 9.15 Å². The number of carbonyl (C=O) groups is 2. The van der Waals surface area contributed by atoms with Gasteiger partial charge in [-0.1, -0.05) is 0 Å². The van der Waals surface area contributed by atoms with Crippen molar-refractivity contribution >= 4 is 11.8 Å². The summed E-state index contributed by atoms with van der Waals surface area (Å²) in [6.07, 6.45) is 1.50. The molecule has 0 aliphatic carbocycles. The molecular formula is C15H15FN2O4. The van der Waals surface area contributed by atoms with E-state index in [1.807, 2.05) is 0 Å². The van der Waals surface area contributed by atoms with Crippen LogP contribution in [0, 0.1) is 5.82 Å². The minimum Gasteiger partial charge on any atom is -0.497 e. The Morgan fingerprint density at radius 3 is 2.73 bits per heavy atom. The van der Waals surface area contributed by atoms with Crippen LogP contribution in [0.3, 0.4) is 0 Å². The third-order valence-corrected chi connectivity index (χ3v) is 2.87. The summed E-state index contributed by atoms with van der Waals surface area (Å²) in [4.78, 5) is 23.4. The van der Waals surface area contributed by atoms with E-state index in [-0.39, 0.29) is 18.7 Å². The van der Waals surface area contributed by atoms with E-state index >= 15 is 0 Å². The van der Waals surface area contributed by atoms with Gasteiger partial charge in [-0.05, 0) is 24.3 Å². The summed E-state index contributed by atoms with van der Waals surface area (Å²) in [5.74, 6) is -0.883. The van der Waals surface area contributed by atoms with Gasteiger partial charge in [0, 0.05) is 6.07 Å². The van der Waals surface area contributed by atoms with Gasteiger partial charge in [-0.15, -0.1) is 0 Å². The number of ether oxygens (including phenoxy) is 1. The van der Waals surface area contributed by atoms with E-state index in [2.05, 4.69) is 10.6 Å². The van der Waals surface area contributed by atoms with E-state index < -0.39 is 17.6 Å². The fraction of sp³-hybridized carbons (Fsp3) is 0.200. The zero-order chi connectivity index (χ0) is 15.9. The molecule has 0 saturated carbocycles. The molecule has 2 amide bonds. The summed E-state index contributed by atoms with van der Waals surface area (Å²) in [5, 5.41) is 4.91. The van der Waals surface area contributed by atoms with Crippen molar-refractivity contribution in [3.63, 3.8) is 0 Å². The number of nitrogens with one attached hydrogen (secondary N) is 2. The van der Waals surface area contributed by atoms with Gasteiger partial charge in [0.15, 0.2) is 0 Å². The van der Waals surface area contributed by atoms with Crippen molar-refractivity contribution < 1.29 is 23.1 Å². The Kier molecular flexibility index (Phi) is 5.13. The predicted octanol–water partition coefficient (Wildman–Crippen LogP) is 1.47. The van der Waals surface area contributed by atoms with Crippen LogP contribution in [-0.4, -0.2) is 25.5 Å². The second-order valence-corrected chi connectivity index (χ2v) is 4.38. The minimum atomic E-state index is -0.715. The van der Waals surface area contributed by atoms with Crippen molar-refractivity contribution in [1.82, 2.24) is 10.6 Å². The molecule has 2 rings (SSSR count). The molecular weight excluding hydrogens is 291 g/mol. The monoisotopic (exact) mass is 306 g/mol. The Labute approximate surface area is 126 Å². The summed E-state index contributed by atoms with van der Waals surface area (Å²) < 4.78 is 23.6. The standard InChI is InChI=1S/C15H15FN2O4/c1-21-10-4-5-12(13(16)7-10)15(20)18-9-14(19)17-8-11-3-2-6-22-11/h2-7H,8-9H2,1H3,(H,17,19)(H,18,20). The highest BCUT2D eigenvalue weighted by atomic mass is 19.1. The largest absolute Gasteiger partial charge is 0.497 e. The van der Waals surface area contributed by atoms with Crippen LogP contribution in [0.5, 0.6) is 5.75 Å². The lowest BCUT2D eigenvalue weighted by Gasteiger charge is -2.07. The Morgan fingerprint density at radius 2 is 2.09 bits per heavy atom. The van der Waals surface area contributed by atoms with Crippen molar-refractivity contribution in [1.29, 1.82) is 0 Å². The van der Waals surface area contributed by atoms with Gasteiger partial charge in [0.2, 0.25) is 5.91 Å². The number of hydrogen-bond donors (Lipinski definition) is 2. The fourth-order valence-corrected chi connectivity index (χ4v) is 1.72. The van der Waals surface area contributed by atoms with E-state index in [1.165, 1.54) is 25.5 Å². The van der Waals surface area contributed by atoms with E-state index in [0.717, 1.165) is 6.07 Å². The average Bonchev–Trinajstić information content (AvgIpc) is 3.03. The van der Waals surface area contributed by atoms with Crippen LogP contribution >= 0.6 is 0 Å². The van der Waals surface area contributed by atoms with Gasteiger partial charge in [0.1, 0.15) is 17.3 Å². The molecule has 2 aromatic rings. The molecule has 22 heavy (non-hydrogen) atoms. The first-order valence-electron chi connectivity index (χ1n) is 6.51. The summed E-state index contributed by atoms with van der Waals surface area (Å²) in [5.41, 5.74) is -0.153. The van der Waals surface area contributed by atoms with E-state index in [1.54, 1.807) is 12.1 Å². The van der Waals surface area contributed by atoms with Crippen molar-refractivity contribution in [3.05, 3.63) is 53.7 Å². The second-order valence-electron chi connectivity index (χ2n) is 4.38. The second kappa shape index (κ2) is 7.26. The Hall–Kier alpha value is -2.83. The Balaban J connectivity index is 1.83. The van der Waals surface area contributed by atoms with Gasteiger partial charge < -0.3 is 19.8 Å². The van der Waals surface area contributed by atoms with Crippen LogP contribution in [0.1, 0.15) is 16.1 Å². The van der Waals surface area contributed by atoms with E-state index in [0.29, 0.717) is 11.5 Å². The quantitative estimate of drug-likeness (QED) is 0.847. The molecule has 0 aliphatic heterocycles. The normalized spacial score (nSPS) is 10.1. The smallest absolute Gasteiger partial charge is 0.254 e. The van der Waals surface area contributed by atoms with Crippen LogP contribution in [0.15, 0.2) is 41.0 Å². The lowest BCUT2D eigenvalue weighted by atomic mass is 10.2. The summed E-state index contributed by atoms with van der Waals surface area (Å²) in [7, 11) is 1.40. The highest BCUT2D eigenvalue weighted by Crippen LogP contribution is 2.15. The number of methoxy groups -OCH3 is 1. The van der Waals surface area contributed by atoms with Gasteiger partial charge in [-0.3, -0.25) is 9.59 Å². The SMILES string of the molecule is COc1ccc(C(=O)NCC(=O)NCc2ccco2)c(F)c1. The van der Waals surface area contributed by atoms with Crippen molar-refractivity contribution in [2.45, 2.75) is 6.54 Å². The van der Waals surface area contributed by atoms with Gasteiger partial charge in [0.25, 0.3) is 5.91 Å². The highest BCUT2D eigenvalue weighted by molar-refractivity contribution is 5.96. The molecule has 7 heteroatoms. The predicted molar refractivity (Wildman–Crippen MR) is 75.8 cm³/mol. The molecule has 0 aliphatic rings. The molecule has 1 aromatic carbocycles. The van der Waals surface area contributed by atoms with Crippen LogP contribution in [0.2, 0.25) is 0 Å². The van der Waals surface area contributed by atoms with Crippen molar-refractivity contribution in [2.24, 2.45) is 0 Å².